The standard InChI is InChI=1S/C23H26FNO2/c1-15(2)21-19(13-14-23(3,4)22(26)27)18-7-5-6-8-20(18)25(21)17-11-9-16(24)10-12-17/h5-12,15H,13-14H2,1-4H3,(H,26,27). The van der Waals surface area contributed by atoms with Crippen LogP contribution >= 0.6 is 0 Å². The molecule has 0 radical (unpaired) electrons. The van der Waals surface area contributed by atoms with E-state index in [-0.39, 0.29) is 11.7 Å². The van der Waals surface area contributed by atoms with E-state index in [9.17, 15) is 14.3 Å². The quantitative estimate of drug-likeness (QED) is 0.586. The molecule has 0 fully saturated rings. The number of aliphatic carboxylic acids is 1. The molecule has 2 aromatic carbocycles. The van der Waals surface area contributed by atoms with E-state index in [0.29, 0.717) is 12.8 Å². The molecule has 27 heavy (non-hydrogen) atoms. The van der Waals surface area contributed by atoms with Gasteiger partial charge in [0, 0.05) is 16.8 Å². The van der Waals surface area contributed by atoms with Gasteiger partial charge < -0.3 is 9.67 Å². The summed E-state index contributed by atoms with van der Waals surface area (Å²) in [7, 11) is 0. The lowest BCUT2D eigenvalue weighted by Gasteiger charge is -2.20. The van der Waals surface area contributed by atoms with E-state index in [4.69, 9.17) is 0 Å². The third-order valence-electron chi connectivity index (χ3n) is 5.23. The van der Waals surface area contributed by atoms with Gasteiger partial charge in [-0.3, -0.25) is 4.79 Å². The van der Waals surface area contributed by atoms with E-state index in [1.54, 1.807) is 26.0 Å². The first-order valence-electron chi connectivity index (χ1n) is 9.34. The number of carboxylic acids is 1. The van der Waals surface area contributed by atoms with E-state index in [0.717, 1.165) is 22.3 Å². The highest BCUT2D eigenvalue weighted by atomic mass is 19.1. The molecule has 3 nitrogen and oxygen atoms in total. The minimum Gasteiger partial charge on any atom is -0.481 e. The van der Waals surface area contributed by atoms with Crippen molar-refractivity contribution in [2.45, 2.75) is 46.5 Å². The van der Waals surface area contributed by atoms with Crippen molar-refractivity contribution in [3.8, 4) is 5.69 Å². The van der Waals surface area contributed by atoms with Gasteiger partial charge in [-0.05, 0) is 68.5 Å². The Labute approximate surface area is 159 Å². The summed E-state index contributed by atoms with van der Waals surface area (Å²) in [4.78, 5) is 11.5. The molecule has 1 N–H and O–H groups in total. The van der Waals surface area contributed by atoms with Crippen molar-refractivity contribution in [3.63, 3.8) is 0 Å². The number of para-hydroxylation sites is 1. The average Bonchev–Trinajstić information content (AvgIpc) is 2.95. The second-order valence-corrected chi connectivity index (χ2v) is 8.04. The number of halogens is 1. The van der Waals surface area contributed by atoms with Gasteiger partial charge in [0.25, 0.3) is 0 Å². The Bertz CT molecular complexity index is 968. The topological polar surface area (TPSA) is 42.2 Å². The molecule has 1 heterocycles. The lowest BCUT2D eigenvalue weighted by atomic mass is 9.85. The maximum absolute atomic E-state index is 13.4. The maximum atomic E-state index is 13.4. The zero-order chi connectivity index (χ0) is 19.8. The molecular formula is C23H26FNO2. The lowest BCUT2D eigenvalue weighted by molar-refractivity contribution is -0.147. The summed E-state index contributed by atoms with van der Waals surface area (Å²) in [6.07, 6.45) is 1.24. The van der Waals surface area contributed by atoms with Crippen LogP contribution < -0.4 is 0 Å². The van der Waals surface area contributed by atoms with Gasteiger partial charge >= 0.3 is 5.97 Å². The van der Waals surface area contributed by atoms with Crippen molar-refractivity contribution >= 4 is 16.9 Å². The van der Waals surface area contributed by atoms with Gasteiger partial charge in [-0.1, -0.05) is 32.0 Å². The van der Waals surface area contributed by atoms with E-state index < -0.39 is 11.4 Å². The molecule has 4 heteroatoms. The summed E-state index contributed by atoms with van der Waals surface area (Å²) in [5.41, 5.74) is 3.53. The van der Waals surface area contributed by atoms with Crippen LogP contribution in [-0.2, 0) is 11.2 Å². The first-order valence-corrected chi connectivity index (χ1v) is 9.34. The fraction of sp³-hybridized carbons (Fsp3) is 0.348. The van der Waals surface area contributed by atoms with Crippen molar-refractivity contribution in [1.29, 1.82) is 0 Å². The molecule has 0 amide bonds. The number of aryl methyl sites for hydroxylation is 1. The van der Waals surface area contributed by atoms with Crippen LogP contribution in [0.25, 0.3) is 16.6 Å². The van der Waals surface area contributed by atoms with Gasteiger partial charge in [0.1, 0.15) is 5.82 Å². The van der Waals surface area contributed by atoms with Gasteiger partial charge in [-0.15, -0.1) is 0 Å². The fourth-order valence-corrected chi connectivity index (χ4v) is 3.61. The highest BCUT2D eigenvalue weighted by molar-refractivity contribution is 5.87. The van der Waals surface area contributed by atoms with Crippen LogP contribution in [0.3, 0.4) is 0 Å². The van der Waals surface area contributed by atoms with Crippen LogP contribution in [0, 0.1) is 11.2 Å². The number of hydrogen-bond donors (Lipinski definition) is 1. The number of benzene rings is 2. The third-order valence-corrected chi connectivity index (χ3v) is 5.23. The van der Waals surface area contributed by atoms with Gasteiger partial charge in [0.15, 0.2) is 0 Å². The van der Waals surface area contributed by atoms with E-state index >= 15 is 0 Å². The number of fused-ring (bicyclic) bond motifs is 1. The van der Waals surface area contributed by atoms with Gasteiger partial charge in [0.05, 0.1) is 10.9 Å². The summed E-state index contributed by atoms with van der Waals surface area (Å²) in [6.45, 7) is 7.81. The molecule has 0 unspecified atom stereocenters. The molecular weight excluding hydrogens is 341 g/mol. The minimum atomic E-state index is -0.784. The Morgan fingerprint density at radius 1 is 1.11 bits per heavy atom. The lowest BCUT2D eigenvalue weighted by Crippen LogP contribution is -2.24. The van der Waals surface area contributed by atoms with Crippen LogP contribution in [0.1, 0.15) is 51.3 Å². The number of aromatic nitrogens is 1. The maximum Gasteiger partial charge on any atom is 0.309 e. The second kappa shape index (κ2) is 7.18. The van der Waals surface area contributed by atoms with Crippen molar-refractivity contribution in [2.24, 2.45) is 5.41 Å². The first-order chi connectivity index (χ1) is 12.7. The van der Waals surface area contributed by atoms with Crippen LogP contribution in [0.2, 0.25) is 0 Å². The Morgan fingerprint density at radius 3 is 2.33 bits per heavy atom. The molecule has 1 aromatic heterocycles. The fourth-order valence-electron chi connectivity index (χ4n) is 3.61. The number of carbonyl (C=O) groups is 1. The van der Waals surface area contributed by atoms with Crippen molar-refractivity contribution in [2.75, 3.05) is 0 Å². The molecule has 0 saturated heterocycles. The Balaban J connectivity index is 2.20. The van der Waals surface area contributed by atoms with E-state index in [1.807, 2.05) is 12.1 Å². The molecule has 0 aliphatic rings. The normalized spacial score (nSPS) is 12.1. The van der Waals surface area contributed by atoms with Crippen LogP contribution in [0.15, 0.2) is 48.5 Å². The van der Waals surface area contributed by atoms with Crippen molar-refractivity contribution in [3.05, 3.63) is 65.6 Å². The van der Waals surface area contributed by atoms with Gasteiger partial charge in [0.2, 0.25) is 0 Å². The number of nitrogens with zero attached hydrogens (tertiary/aromatic N) is 1. The summed E-state index contributed by atoms with van der Waals surface area (Å²) in [5.74, 6) is -0.800. The molecule has 0 aliphatic carbocycles. The number of hydrogen-bond acceptors (Lipinski definition) is 1. The monoisotopic (exact) mass is 367 g/mol. The van der Waals surface area contributed by atoms with Crippen molar-refractivity contribution in [1.82, 2.24) is 4.57 Å². The molecule has 0 spiro atoms. The SMILES string of the molecule is CC(C)c1c(CCC(C)(C)C(=O)O)c2ccccc2n1-c1ccc(F)cc1. The van der Waals surface area contributed by atoms with Crippen LogP contribution in [0.4, 0.5) is 4.39 Å². The predicted molar refractivity (Wildman–Crippen MR) is 107 cm³/mol. The molecule has 3 aromatic rings. The largest absolute Gasteiger partial charge is 0.481 e. The molecule has 142 valence electrons. The molecule has 3 rings (SSSR count). The summed E-state index contributed by atoms with van der Waals surface area (Å²) in [5, 5.41) is 10.6. The van der Waals surface area contributed by atoms with Gasteiger partial charge in [-0.25, -0.2) is 4.39 Å². The highest BCUT2D eigenvalue weighted by Crippen LogP contribution is 2.36. The zero-order valence-electron chi connectivity index (χ0n) is 16.3. The number of rotatable bonds is 6. The molecule has 0 saturated carbocycles. The summed E-state index contributed by atoms with van der Waals surface area (Å²) < 4.78 is 15.6. The Morgan fingerprint density at radius 2 is 1.74 bits per heavy atom. The zero-order valence-corrected chi connectivity index (χ0v) is 16.3. The minimum absolute atomic E-state index is 0.241. The number of carboxylic acid groups (broad SMARTS) is 1. The second-order valence-electron chi connectivity index (χ2n) is 8.04. The predicted octanol–water partition coefficient (Wildman–Crippen LogP) is 5.94. The smallest absolute Gasteiger partial charge is 0.309 e. The van der Waals surface area contributed by atoms with Gasteiger partial charge in [-0.2, -0.15) is 0 Å². The van der Waals surface area contributed by atoms with Crippen LogP contribution in [-0.4, -0.2) is 15.6 Å². The summed E-state index contributed by atoms with van der Waals surface area (Å²) >= 11 is 0. The molecule has 0 bridgehead atoms. The van der Waals surface area contributed by atoms with Crippen molar-refractivity contribution < 1.29 is 14.3 Å². The Kier molecular flexibility index (Phi) is 5.09. The highest BCUT2D eigenvalue weighted by Gasteiger charge is 2.29. The molecule has 0 aliphatic heterocycles. The Hall–Kier alpha value is -2.62. The first kappa shape index (κ1) is 19.2. The van der Waals surface area contributed by atoms with E-state index in [1.165, 1.54) is 17.7 Å². The summed E-state index contributed by atoms with van der Waals surface area (Å²) in [6, 6.07) is 14.7. The van der Waals surface area contributed by atoms with E-state index in [2.05, 4.69) is 30.5 Å². The average molecular weight is 367 g/mol. The third kappa shape index (κ3) is 3.61. The van der Waals surface area contributed by atoms with Crippen LogP contribution in [0.5, 0.6) is 0 Å². The molecule has 0 atom stereocenters.